The molecule has 4 heteroatoms. The van der Waals surface area contributed by atoms with E-state index in [1.807, 2.05) is 0 Å². The maximum Gasteiger partial charge on any atom is 0.335 e. The van der Waals surface area contributed by atoms with E-state index in [-0.39, 0.29) is 11.7 Å². The Morgan fingerprint density at radius 2 is 2.12 bits per heavy atom. The number of nitrogens with zero attached hydrogens (tertiary/aromatic N) is 1. The second-order valence-corrected chi connectivity index (χ2v) is 4.07. The number of hydrogen-bond donors (Lipinski definition) is 1. The number of aromatic carboxylic acids is 1. The van der Waals surface area contributed by atoms with Crippen LogP contribution in [-0.2, 0) is 0 Å². The number of carboxylic acids is 1. The minimum atomic E-state index is -0.948. The highest BCUT2D eigenvalue weighted by molar-refractivity contribution is 5.87. The Hall–Kier alpha value is -1.58. The van der Waals surface area contributed by atoms with Gasteiger partial charge in [0.05, 0.1) is 5.56 Å². The van der Waals surface area contributed by atoms with Crippen molar-refractivity contribution < 1.29 is 14.6 Å². The SMILES string of the molecule is O=C(O)c1ccnc(OC2CCCCC2)c1. The number of ether oxygens (including phenoxy) is 1. The molecule has 0 saturated heterocycles. The molecule has 0 unspecified atom stereocenters. The molecule has 0 amide bonds. The highest BCUT2D eigenvalue weighted by atomic mass is 16.5. The van der Waals surface area contributed by atoms with Crippen LogP contribution in [0, 0.1) is 0 Å². The molecule has 1 heterocycles. The zero-order valence-corrected chi connectivity index (χ0v) is 9.06. The maximum atomic E-state index is 10.8. The Balaban J connectivity index is 2.02. The van der Waals surface area contributed by atoms with Gasteiger partial charge in [0.15, 0.2) is 0 Å². The molecule has 1 aromatic heterocycles. The maximum absolute atomic E-state index is 10.8. The van der Waals surface area contributed by atoms with Crippen LogP contribution in [0.1, 0.15) is 42.5 Å². The van der Waals surface area contributed by atoms with Crippen LogP contribution in [0.15, 0.2) is 18.3 Å². The number of carboxylic acid groups (broad SMARTS) is 1. The van der Waals surface area contributed by atoms with Gasteiger partial charge in [0, 0.05) is 12.3 Å². The quantitative estimate of drug-likeness (QED) is 0.851. The summed E-state index contributed by atoms with van der Waals surface area (Å²) in [5.74, 6) is -0.525. The first-order valence-corrected chi connectivity index (χ1v) is 5.62. The van der Waals surface area contributed by atoms with Gasteiger partial charge in [0.1, 0.15) is 6.10 Å². The normalized spacial score (nSPS) is 17.0. The molecule has 1 N–H and O–H groups in total. The highest BCUT2D eigenvalue weighted by Crippen LogP contribution is 2.22. The van der Waals surface area contributed by atoms with E-state index < -0.39 is 5.97 Å². The first-order valence-electron chi connectivity index (χ1n) is 5.62. The summed E-state index contributed by atoms with van der Waals surface area (Å²) in [5.41, 5.74) is 0.223. The molecule has 1 aromatic rings. The summed E-state index contributed by atoms with van der Waals surface area (Å²) in [7, 11) is 0. The van der Waals surface area contributed by atoms with Gasteiger partial charge in [-0.3, -0.25) is 0 Å². The van der Waals surface area contributed by atoms with E-state index in [9.17, 15) is 4.79 Å². The van der Waals surface area contributed by atoms with E-state index in [2.05, 4.69) is 4.98 Å². The van der Waals surface area contributed by atoms with Crippen LogP contribution in [0.5, 0.6) is 5.88 Å². The van der Waals surface area contributed by atoms with E-state index >= 15 is 0 Å². The lowest BCUT2D eigenvalue weighted by molar-refractivity contribution is 0.0695. The van der Waals surface area contributed by atoms with E-state index in [1.54, 1.807) is 0 Å². The average molecular weight is 221 g/mol. The van der Waals surface area contributed by atoms with Gasteiger partial charge in [-0.05, 0) is 31.7 Å². The molecule has 86 valence electrons. The number of aromatic nitrogens is 1. The lowest BCUT2D eigenvalue weighted by atomic mass is 9.98. The number of rotatable bonds is 3. The zero-order chi connectivity index (χ0) is 11.4. The Labute approximate surface area is 94.3 Å². The summed E-state index contributed by atoms with van der Waals surface area (Å²) in [4.78, 5) is 14.8. The summed E-state index contributed by atoms with van der Waals surface area (Å²) < 4.78 is 5.67. The Morgan fingerprint density at radius 3 is 2.81 bits per heavy atom. The van der Waals surface area contributed by atoms with E-state index in [4.69, 9.17) is 9.84 Å². The highest BCUT2D eigenvalue weighted by Gasteiger charge is 2.15. The minimum absolute atomic E-state index is 0.199. The lowest BCUT2D eigenvalue weighted by Crippen LogP contribution is -2.20. The second kappa shape index (κ2) is 4.96. The van der Waals surface area contributed by atoms with Crippen LogP contribution >= 0.6 is 0 Å². The van der Waals surface area contributed by atoms with Gasteiger partial charge in [-0.2, -0.15) is 0 Å². The molecule has 1 aliphatic rings. The molecule has 0 aromatic carbocycles. The van der Waals surface area contributed by atoms with Crippen molar-refractivity contribution in [2.24, 2.45) is 0 Å². The standard InChI is InChI=1S/C12H15NO3/c14-12(15)9-6-7-13-11(8-9)16-10-4-2-1-3-5-10/h6-8,10H,1-5H2,(H,14,15). The monoisotopic (exact) mass is 221 g/mol. The molecule has 0 aliphatic heterocycles. The predicted molar refractivity (Wildman–Crippen MR) is 58.7 cm³/mol. The summed E-state index contributed by atoms with van der Waals surface area (Å²) in [6.07, 6.45) is 7.39. The summed E-state index contributed by atoms with van der Waals surface area (Å²) in [6.45, 7) is 0. The number of hydrogen-bond acceptors (Lipinski definition) is 3. The van der Waals surface area contributed by atoms with Crippen LogP contribution in [0.25, 0.3) is 0 Å². The number of carbonyl (C=O) groups is 1. The van der Waals surface area contributed by atoms with Crippen molar-refractivity contribution in [3.05, 3.63) is 23.9 Å². The molecule has 0 bridgehead atoms. The van der Waals surface area contributed by atoms with E-state index in [1.165, 1.54) is 37.6 Å². The van der Waals surface area contributed by atoms with Crippen LogP contribution in [0.3, 0.4) is 0 Å². The Kier molecular flexibility index (Phi) is 3.39. The minimum Gasteiger partial charge on any atom is -0.478 e. The fourth-order valence-electron chi connectivity index (χ4n) is 1.96. The van der Waals surface area contributed by atoms with Gasteiger partial charge in [-0.1, -0.05) is 6.42 Å². The van der Waals surface area contributed by atoms with Gasteiger partial charge >= 0.3 is 5.97 Å². The molecular weight excluding hydrogens is 206 g/mol. The number of pyridine rings is 1. The summed E-state index contributed by atoms with van der Waals surface area (Å²) >= 11 is 0. The fourth-order valence-corrected chi connectivity index (χ4v) is 1.96. The third-order valence-electron chi connectivity index (χ3n) is 2.82. The molecule has 1 saturated carbocycles. The van der Waals surface area contributed by atoms with E-state index in [0.29, 0.717) is 5.88 Å². The van der Waals surface area contributed by atoms with Crippen molar-refractivity contribution in [2.45, 2.75) is 38.2 Å². The van der Waals surface area contributed by atoms with Crippen molar-refractivity contribution in [2.75, 3.05) is 0 Å². The molecule has 0 spiro atoms. The largest absolute Gasteiger partial charge is 0.478 e. The lowest BCUT2D eigenvalue weighted by Gasteiger charge is -2.22. The third-order valence-corrected chi connectivity index (χ3v) is 2.82. The smallest absolute Gasteiger partial charge is 0.335 e. The van der Waals surface area contributed by atoms with Crippen molar-refractivity contribution in [3.63, 3.8) is 0 Å². The predicted octanol–water partition coefficient (Wildman–Crippen LogP) is 2.49. The zero-order valence-electron chi connectivity index (χ0n) is 9.06. The molecule has 1 fully saturated rings. The molecule has 1 aliphatic carbocycles. The summed E-state index contributed by atoms with van der Waals surface area (Å²) in [5, 5.41) is 8.83. The first kappa shape index (κ1) is 10.9. The van der Waals surface area contributed by atoms with Crippen molar-refractivity contribution in [1.29, 1.82) is 0 Å². The van der Waals surface area contributed by atoms with E-state index in [0.717, 1.165) is 12.8 Å². The van der Waals surface area contributed by atoms with Gasteiger partial charge in [0.25, 0.3) is 0 Å². The van der Waals surface area contributed by atoms with Gasteiger partial charge in [0.2, 0.25) is 5.88 Å². The van der Waals surface area contributed by atoms with Crippen molar-refractivity contribution >= 4 is 5.97 Å². The Bertz CT molecular complexity index is 372. The van der Waals surface area contributed by atoms with Crippen molar-refractivity contribution in [3.8, 4) is 5.88 Å². The van der Waals surface area contributed by atoms with Crippen LogP contribution in [-0.4, -0.2) is 22.2 Å². The third kappa shape index (κ3) is 2.72. The molecule has 4 nitrogen and oxygen atoms in total. The molecule has 0 radical (unpaired) electrons. The summed E-state index contributed by atoms with van der Waals surface area (Å²) in [6, 6.07) is 2.95. The fraction of sp³-hybridized carbons (Fsp3) is 0.500. The van der Waals surface area contributed by atoms with Crippen molar-refractivity contribution in [1.82, 2.24) is 4.98 Å². The average Bonchev–Trinajstić information content (AvgIpc) is 2.30. The molecule has 2 rings (SSSR count). The molecule has 16 heavy (non-hydrogen) atoms. The van der Waals surface area contributed by atoms with Crippen LogP contribution in [0.2, 0.25) is 0 Å². The topological polar surface area (TPSA) is 59.4 Å². The van der Waals surface area contributed by atoms with Gasteiger partial charge in [-0.15, -0.1) is 0 Å². The van der Waals surface area contributed by atoms with Crippen LogP contribution < -0.4 is 4.74 Å². The van der Waals surface area contributed by atoms with Crippen LogP contribution in [0.4, 0.5) is 0 Å². The Morgan fingerprint density at radius 1 is 1.38 bits per heavy atom. The van der Waals surface area contributed by atoms with Gasteiger partial charge in [-0.25, -0.2) is 9.78 Å². The second-order valence-electron chi connectivity index (χ2n) is 4.07. The van der Waals surface area contributed by atoms with Gasteiger partial charge < -0.3 is 9.84 Å². The first-order chi connectivity index (χ1) is 7.75. The molecular formula is C12H15NO3. The molecule has 0 atom stereocenters.